The SMILES string of the molecule is Nc1c(Cl)cc(C(O)CNCC(Cc2ccccc2)NC(=O)Cc2ccccc2)cc1Cl. The summed E-state index contributed by atoms with van der Waals surface area (Å²) in [7, 11) is 0. The molecule has 3 aromatic carbocycles. The van der Waals surface area contributed by atoms with Gasteiger partial charge < -0.3 is 21.5 Å². The van der Waals surface area contributed by atoms with Crippen LogP contribution in [-0.2, 0) is 17.6 Å². The lowest BCUT2D eigenvalue weighted by Crippen LogP contribution is -2.44. The molecule has 7 heteroatoms. The van der Waals surface area contributed by atoms with Crippen molar-refractivity contribution in [2.75, 3.05) is 18.8 Å². The van der Waals surface area contributed by atoms with E-state index in [9.17, 15) is 9.90 Å². The zero-order valence-corrected chi connectivity index (χ0v) is 19.1. The molecule has 0 spiro atoms. The standard InChI is InChI=1S/C25H27Cl2N3O2/c26-21-13-19(14-22(27)25(21)28)23(31)16-29-15-20(11-17-7-3-1-4-8-17)30-24(32)12-18-9-5-2-6-10-18/h1-10,13-14,20,23,29,31H,11-12,15-16,28H2,(H,30,32). The van der Waals surface area contributed by atoms with E-state index >= 15 is 0 Å². The van der Waals surface area contributed by atoms with Crippen LogP contribution in [0.25, 0.3) is 0 Å². The number of amides is 1. The Hall–Kier alpha value is -2.57. The van der Waals surface area contributed by atoms with Gasteiger partial charge in [-0.25, -0.2) is 0 Å². The Morgan fingerprint density at radius 2 is 1.47 bits per heavy atom. The minimum absolute atomic E-state index is 0.0448. The van der Waals surface area contributed by atoms with Crippen LogP contribution >= 0.6 is 23.2 Å². The fraction of sp³-hybridized carbons (Fsp3) is 0.240. The van der Waals surface area contributed by atoms with Gasteiger partial charge in [0.25, 0.3) is 0 Å². The van der Waals surface area contributed by atoms with Gasteiger partial charge in [0.15, 0.2) is 0 Å². The summed E-state index contributed by atoms with van der Waals surface area (Å²) in [6.45, 7) is 0.763. The smallest absolute Gasteiger partial charge is 0.224 e. The predicted octanol–water partition coefficient (Wildman–Crippen LogP) is 4.17. The Morgan fingerprint density at radius 3 is 2.06 bits per heavy atom. The van der Waals surface area contributed by atoms with Crippen molar-refractivity contribution in [2.24, 2.45) is 0 Å². The van der Waals surface area contributed by atoms with Crippen molar-refractivity contribution < 1.29 is 9.90 Å². The number of hydrogen-bond acceptors (Lipinski definition) is 4. The van der Waals surface area contributed by atoms with E-state index in [4.69, 9.17) is 28.9 Å². The molecule has 0 saturated carbocycles. The summed E-state index contributed by atoms with van der Waals surface area (Å²) in [6, 6.07) is 22.7. The number of aliphatic hydroxyl groups excluding tert-OH is 1. The van der Waals surface area contributed by atoms with Gasteiger partial charge in [-0.05, 0) is 35.2 Å². The normalized spacial score (nSPS) is 12.8. The van der Waals surface area contributed by atoms with Crippen LogP contribution in [0.5, 0.6) is 0 Å². The molecule has 0 aliphatic carbocycles. The zero-order valence-electron chi connectivity index (χ0n) is 17.6. The van der Waals surface area contributed by atoms with Gasteiger partial charge >= 0.3 is 0 Å². The average Bonchev–Trinajstić information content (AvgIpc) is 2.78. The molecule has 5 N–H and O–H groups in total. The molecule has 0 saturated heterocycles. The molecule has 1 amide bonds. The minimum atomic E-state index is -0.817. The van der Waals surface area contributed by atoms with Crippen molar-refractivity contribution in [1.82, 2.24) is 10.6 Å². The molecule has 32 heavy (non-hydrogen) atoms. The van der Waals surface area contributed by atoms with Gasteiger partial charge in [-0.1, -0.05) is 83.9 Å². The number of aliphatic hydroxyl groups is 1. The molecule has 0 radical (unpaired) electrons. The van der Waals surface area contributed by atoms with E-state index in [0.29, 0.717) is 40.7 Å². The largest absolute Gasteiger partial charge is 0.396 e. The summed E-state index contributed by atoms with van der Waals surface area (Å²) in [5, 5.41) is 17.5. The number of carbonyl (C=O) groups excluding carboxylic acids is 1. The number of nitrogens with one attached hydrogen (secondary N) is 2. The molecule has 2 unspecified atom stereocenters. The average molecular weight is 472 g/mol. The highest BCUT2D eigenvalue weighted by atomic mass is 35.5. The van der Waals surface area contributed by atoms with Crippen LogP contribution in [0.15, 0.2) is 72.8 Å². The minimum Gasteiger partial charge on any atom is -0.396 e. The van der Waals surface area contributed by atoms with Crippen molar-refractivity contribution in [3.8, 4) is 0 Å². The van der Waals surface area contributed by atoms with Gasteiger partial charge in [0.1, 0.15) is 0 Å². The van der Waals surface area contributed by atoms with Gasteiger partial charge in [-0.15, -0.1) is 0 Å². The summed E-state index contributed by atoms with van der Waals surface area (Å²) in [5.74, 6) is -0.0448. The first kappa shape index (κ1) is 24.1. The molecule has 2 atom stereocenters. The number of halogens is 2. The molecule has 0 aliphatic rings. The van der Waals surface area contributed by atoms with E-state index in [1.54, 1.807) is 12.1 Å². The number of carbonyl (C=O) groups is 1. The summed E-state index contributed by atoms with van der Waals surface area (Å²) < 4.78 is 0. The lowest BCUT2D eigenvalue weighted by Gasteiger charge is -2.21. The Bertz CT molecular complexity index is 993. The molecule has 0 aliphatic heterocycles. The second kappa shape index (κ2) is 11.9. The first-order chi connectivity index (χ1) is 15.4. The Balaban J connectivity index is 1.59. The zero-order chi connectivity index (χ0) is 22.9. The molecule has 0 aromatic heterocycles. The third-order valence-corrected chi connectivity index (χ3v) is 5.74. The van der Waals surface area contributed by atoms with Crippen molar-refractivity contribution in [3.63, 3.8) is 0 Å². The Labute approximate surface area is 198 Å². The molecule has 5 nitrogen and oxygen atoms in total. The maximum atomic E-state index is 12.6. The summed E-state index contributed by atoms with van der Waals surface area (Å²) in [6.07, 6.45) is 0.171. The third-order valence-electron chi connectivity index (χ3n) is 5.11. The molecule has 0 heterocycles. The van der Waals surface area contributed by atoms with Crippen molar-refractivity contribution in [3.05, 3.63) is 99.5 Å². The fourth-order valence-electron chi connectivity index (χ4n) is 3.44. The van der Waals surface area contributed by atoms with Crippen LogP contribution in [0.2, 0.25) is 10.0 Å². The highest BCUT2D eigenvalue weighted by Gasteiger charge is 2.16. The summed E-state index contributed by atoms with van der Waals surface area (Å²) in [5.41, 5.74) is 8.72. The number of anilines is 1. The fourth-order valence-corrected chi connectivity index (χ4v) is 3.95. The maximum Gasteiger partial charge on any atom is 0.224 e. The molecule has 168 valence electrons. The van der Waals surface area contributed by atoms with Gasteiger partial charge in [0, 0.05) is 19.1 Å². The Morgan fingerprint density at radius 1 is 0.906 bits per heavy atom. The van der Waals surface area contributed by atoms with E-state index in [2.05, 4.69) is 10.6 Å². The monoisotopic (exact) mass is 471 g/mol. The lowest BCUT2D eigenvalue weighted by molar-refractivity contribution is -0.121. The van der Waals surface area contributed by atoms with E-state index in [1.165, 1.54) is 0 Å². The number of benzene rings is 3. The van der Waals surface area contributed by atoms with Gasteiger partial charge in [0.2, 0.25) is 5.91 Å². The first-order valence-electron chi connectivity index (χ1n) is 10.4. The van der Waals surface area contributed by atoms with Gasteiger partial charge in [-0.2, -0.15) is 0 Å². The van der Waals surface area contributed by atoms with Gasteiger partial charge in [-0.3, -0.25) is 4.79 Å². The van der Waals surface area contributed by atoms with Crippen LogP contribution in [0.4, 0.5) is 5.69 Å². The van der Waals surface area contributed by atoms with Crippen LogP contribution in [-0.4, -0.2) is 30.1 Å². The molecule has 0 bridgehead atoms. The third kappa shape index (κ3) is 7.24. The molecular weight excluding hydrogens is 445 g/mol. The van der Waals surface area contributed by atoms with Crippen LogP contribution in [0.3, 0.4) is 0 Å². The van der Waals surface area contributed by atoms with Crippen LogP contribution < -0.4 is 16.4 Å². The second-order valence-electron chi connectivity index (χ2n) is 7.69. The van der Waals surface area contributed by atoms with E-state index in [-0.39, 0.29) is 18.5 Å². The molecule has 0 fully saturated rings. The number of nitrogens with two attached hydrogens (primary N) is 1. The van der Waals surface area contributed by atoms with Crippen molar-refractivity contribution in [2.45, 2.75) is 25.0 Å². The summed E-state index contributed by atoms with van der Waals surface area (Å²) in [4.78, 5) is 12.6. The summed E-state index contributed by atoms with van der Waals surface area (Å²) >= 11 is 12.1. The predicted molar refractivity (Wildman–Crippen MR) is 131 cm³/mol. The molecular formula is C25H27Cl2N3O2. The lowest BCUT2D eigenvalue weighted by atomic mass is 10.0. The quantitative estimate of drug-likeness (QED) is 0.334. The van der Waals surface area contributed by atoms with E-state index < -0.39 is 6.10 Å². The number of rotatable bonds is 10. The number of hydrogen-bond donors (Lipinski definition) is 4. The Kier molecular flexibility index (Phi) is 8.94. The first-order valence-corrected chi connectivity index (χ1v) is 11.2. The highest BCUT2D eigenvalue weighted by Crippen LogP contribution is 2.31. The molecule has 3 aromatic rings. The maximum absolute atomic E-state index is 12.6. The van der Waals surface area contributed by atoms with Gasteiger partial charge in [0.05, 0.1) is 28.3 Å². The van der Waals surface area contributed by atoms with Crippen molar-refractivity contribution in [1.29, 1.82) is 0 Å². The second-order valence-corrected chi connectivity index (χ2v) is 8.50. The van der Waals surface area contributed by atoms with Crippen LogP contribution in [0.1, 0.15) is 22.8 Å². The number of nitrogen functional groups attached to an aromatic ring is 1. The highest BCUT2D eigenvalue weighted by molar-refractivity contribution is 6.38. The molecule has 3 rings (SSSR count). The topological polar surface area (TPSA) is 87.4 Å². The van der Waals surface area contributed by atoms with Crippen molar-refractivity contribution >= 4 is 34.8 Å². The van der Waals surface area contributed by atoms with Crippen LogP contribution in [0, 0.1) is 0 Å². The van der Waals surface area contributed by atoms with E-state index in [0.717, 1.165) is 11.1 Å². The van der Waals surface area contributed by atoms with E-state index in [1.807, 2.05) is 60.7 Å².